The van der Waals surface area contributed by atoms with Gasteiger partial charge in [-0.2, -0.15) is 0 Å². The average Bonchev–Trinajstić information content (AvgIpc) is 2.79. The van der Waals surface area contributed by atoms with E-state index < -0.39 is 12.1 Å². The molecule has 0 radical (unpaired) electrons. The lowest BCUT2D eigenvalue weighted by Gasteiger charge is -2.26. The second-order valence-electron chi connectivity index (χ2n) is 6.64. The van der Waals surface area contributed by atoms with Crippen molar-refractivity contribution >= 4 is 11.9 Å². The summed E-state index contributed by atoms with van der Waals surface area (Å²) < 4.78 is 11.2. The molecule has 0 aromatic rings. The van der Waals surface area contributed by atoms with Crippen molar-refractivity contribution in [2.75, 3.05) is 0 Å². The number of ether oxygens (including phenoxy) is 2. The van der Waals surface area contributed by atoms with Crippen LogP contribution in [0.5, 0.6) is 0 Å². The molecule has 4 nitrogen and oxygen atoms in total. The zero-order valence-electron chi connectivity index (χ0n) is 14.9. The number of esters is 2. The van der Waals surface area contributed by atoms with E-state index >= 15 is 0 Å². The molecule has 0 aromatic heterocycles. The van der Waals surface area contributed by atoms with Gasteiger partial charge in [0.15, 0.2) is 0 Å². The molecule has 3 atom stereocenters. The van der Waals surface area contributed by atoms with Crippen LogP contribution >= 0.6 is 0 Å². The van der Waals surface area contributed by atoms with E-state index in [1.165, 1.54) is 5.57 Å². The standard InChI is InChI=1S/C20H26O4/c1-6-14(4)19(21)23-16-10-12(2)8-7-9-13(3)11-17-18(16)15(5)20(22)24-17/h6,9-10,16-18H,5,7-8,11H2,1-4H3. The summed E-state index contributed by atoms with van der Waals surface area (Å²) in [4.78, 5) is 24.3. The van der Waals surface area contributed by atoms with Crippen LogP contribution in [0, 0.1) is 5.92 Å². The summed E-state index contributed by atoms with van der Waals surface area (Å²) in [6, 6.07) is 0. The first-order valence-corrected chi connectivity index (χ1v) is 8.40. The van der Waals surface area contributed by atoms with Crippen molar-refractivity contribution in [3.63, 3.8) is 0 Å². The highest BCUT2D eigenvalue weighted by molar-refractivity contribution is 5.91. The van der Waals surface area contributed by atoms with Gasteiger partial charge in [0.25, 0.3) is 0 Å². The van der Waals surface area contributed by atoms with Gasteiger partial charge >= 0.3 is 11.9 Å². The van der Waals surface area contributed by atoms with Crippen LogP contribution in [0.3, 0.4) is 0 Å². The Morgan fingerprint density at radius 1 is 1.38 bits per heavy atom. The zero-order chi connectivity index (χ0) is 17.9. The van der Waals surface area contributed by atoms with Gasteiger partial charge in [0.1, 0.15) is 12.2 Å². The van der Waals surface area contributed by atoms with Crippen LogP contribution in [0.2, 0.25) is 0 Å². The Morgan fingerprint density at radius 2 is 2.08 bits per heavy atom. The molecule has 0 bridgehead atoms. The Hall–Kier alpha value is -2.10. The van der Waals surface area contributed by atoms with Crippen LogP contribution in [0.4, 0.5) is 0 Å². The Bertz CT molecular complexity index is 636. The van der Waals surface area contributed by atoms with E-state index in [9.17, 15) is 9.59 Å². The minimum atomic E-state index is -0.540. The largest absolute Gasteiger partial charge is 0.458 e. The highest BCUT2D eigenvalue weighted by atomic mass is 16.6. The number of rotatable bonds is 2. The summed E-state index contributed by atoms with van der Waals surface area (Å²) in [6.07, 6.45) is 7.42. The molecule has 24 heavy (non-hydrogen) atoms. The molecule has 130 valence electrons. The summed E-state index contributed by atoms with van der Waals surface area (Å²) in [5.41, 5.74) is 3.23. The molecule has 0 amide bonds. The molecule has 1 fully saturated rings. The van der Waals surface area contributed by atoms with Gasteiger partial charge in [-0.25, -0.2) is 9.59 Å². The minimum absolute atomic E-state index is 0.341. The van der Waals surface area contributed by atoms with E-state index in [1.54, 1.807) is 19.9 Å². The van der Waals surface area contributed by atoms with Crippen LogP contribution < -0.4 is 0 Å². The molecular formula is C20H26O4. The molecule has 2 rings (SSSR count). The van der Waals surface area contributed by atoms with Gasteiger partial charge in [0, 0.05) is 17.6 Å². The molecule has 4 heteroatoms. The van der Waals surface area contributed by atoms with Gasteiger partial charge in [-0.15, -0.1) is 0 Å². The fourth-order valence-corrected chi connectivity index (χ4v) is 3.08. The monoisotopic (exact) mass is 330 g/mol. The van der Waals surface area contributed by atoms with E-state index in [2.05, 4.69) is 12.7 Å². The maximum atomic E-state index is 12.3. The molecular weight excluding hydrogens is 304 g/mol. The van der Waals surface area contributed by atoms with Crippen LogP contribution in [0.15, 0.2) is 47.1 Å². The second-order valence-corrected chi connectivity index (χ2v) is 6.64. The van der Waals surface area contributed by atoms with Gasteiger partial charge < -0.3 is 9.47 Å². The van der Waals surface area contributed by atoms with Crippen molar-refractivity contribution in [2.24, 2.45) is 5.92 Å². The molecule has 1 aliphatic carbocycles. The van der Waals surface area contributed by atoms with E-state index in [-0.39, 0.29) is 18.0 Å². The number of allylic oxidation sites excluding steroid dienone is 3. The summed E-state index contributed by atoms with van der Waals surface area (Å²) in [7, 11) is 0. The molecule has 1 saturated heterocycles. The highest BCUT2D eigenvalue weighted by Gasteiger charge is 2.44. The van der Waals surface area contributed by atoms with Gasteiger partial charge in [-0.05, 0) is 46.6 Å². The fraction of sp³-hybridized carbons (Fsp3) is 0.500. The van der Waals surface area contributed by atoms with Crippen molar-refractivity contribution in [1.29, 1.82) is 0 Å². The molecule has 0 aromatic carbocycles. The van der Waals surface area contributed by atoms with E-state index in [4.69, 9.17) is 9.47 Å². The highest BCUT2D eigenvalue weighted by Crippen LogP contribution is 2.36. The average molecular weight is 330 g/mol. The topological polar surface area (TPSA) is 52.6 Å². The maximum Gasteiger partial charge on any atom is 0.334 e. The van der Waals surface area contributed by atoms with E-state index in [0.29, 0.717) is 17.6 Å². The van der Waals surface area contributed by atoms with Gasteiger partial charge in [0.05, 0.1) is 5.92 Å². The van der Waals surface area contributed by atoms with Crippen molar-refractivity contribution in [2.45, 2.75) is 59.2 Å². The lowest BCUT2D eigenvalue weighted by Crippen LogP contribution is -2.33. The maximum absolute atomic E-state index is 12.3. The SMILES string of the molecule is C=C1C(=O)OC2CC(C)=CCCC(C)=CC(OC(=O)C(C)=CC)C12. The quantitative estimate of drug-likeness (QED) is 0.436. The van der Waals surface area contributed by atoms with Crippen molar-refractivity contribution in [3.05, 3.63) is 47.1 Å². The van der Waals surface area contributed by atoms with Gasteiger partial charge in [-0.3, -0.25) is 0 Å². The first-order valence-electron chi connectivity index (χ1n) is 8.40. The Kier molecular flexibility index (Phi) is 5.81. The molecule has 1 aliphatic heterocycles. The predicted octanol–water partition coefficient (Wildman–Crippen LogP) is 4.04. The second kappa shape index (κ2) is 7.65. The van der Waals surface area contributed by atoms with Crippen molar-refractivity contribution in [1.82, 2.24) is 0 Å². The third kappa shape index (κ3) is 4.05. The van der Waals surface area contributed by atoms with Crippen LogP contribution in [-0.4, -0.2) is 24.1 Å². The molecule has 0 N–H and O–H groups in total. The summed E-state index contributed by atoms with van der Waals surface area (Å²) in [5.74, 6) is -1.11. The summed E-state index contributed by atoms with van der Waals surface area (Å²) in [5, 5.41) is 0. The first kappa shape index (κ1) is 18.2. The van der Waals surface area contributed by atoms with Gasteiger partial charge in [-0.1, -0.05) is 29.9 Å². The van der Waals surface area contributed by atoms with Crippen LogP contribution in [0.1, 0.15) is 47.0 Å². The number of hydrogen-bond donors (Lipinski definition) is 0. The van der Waals surface area contributed by atoms with Crippen LogP contribution in [0.25, 0.3) is 0 Å². The molecule has 3 unspecified atom stereocenters. The normalized spacial score (nSPS) is 28.5. The molecule has 0 saturated carbocycles. The summed E-state index contributed by atoms with van der Waals surface area (Å²) >= 11 is 0. The lowest BCUT2D eigenvalue weighted by atomic mass is 9.85. The first-order chi connectivity index (χ1) is 11.3. The Balaban J connectivity index is 2.38. The van der Waals surface area contributed by atoms with Gasteiger partial charge in [0.2, 0.25) is 0 Å². The number of hydrogen-bond acceptors (Lipinski definition) is 4. The molecule has 0 spiro atoms. The predicted molar refractivity (Wildman–Crippen MR) is 93.2 cm³/mol. The number of carbonyl (C=O) groups is 2. The van der Waals surface area contributed by atoms with E-state index in [0.717, 1.165) is 18.4 Å². The molecule has 1 heterocycles. The van der Waals surface area contributed by atoms with Crippen LogP contribution in [-0.2, 0) is 19.1 Å². The molecule has 2 aliphatic rings. The zero-order valence-corrected chi connectivity index (χ0v) is 14.9. The van der Waals surface area contributed by atoms with Crippen molar-refractivity contribution in [3.8, 4) is 0 Å². The Labute approximate surface area is 143 Å². The smallest absolute Gasteiger partial charge is 0.334 e. The summed E-state index contributed by atoms with van der Waals surface area (Å²) in [6.45, 7) is 11.5. The third-order valence-electron chi connectivity index (χ3n) is 4.68. The lowest BCUT2D eigenvalue weighted by molar-refractivity contribution is -0.145. The van der Waals surface area contributed by atoms with Crippen molar-refractivity contribution < 1.29 is 19.1 Å². The minimum Gasteiger partial charge on any atom is -0.458 e. The number of fused-ring (bicyclic) bond motifs is 1. The third-order valence-corrected chi connectivity index (χ3v) is 4.68. The Morgan fingerprint density at radius 3 is 2.75 bits per heavy atom. The fourth-order valence-electron chi connectivity index (χ4n) is 3.08. The number of carbonyl (C=O) groups excluding carboxylic acids is 2. The van der Waals surface area contributed by atoms with E-state index in [1.807, 2.05) is 19.9 Å².